The van der Waals surface area contributed by atoms with Crippen LogP contribution in [0.5, 0.6) is 0 Å². The summed E-state index contributed by atoms with van der Waals surface area (Å²) in [6.07, 6.45) is 1.46. The molecule has 0 bridgehead atoms. The highest BCUT2D eigenvalue weighted by molar-refractivity contribution is 5.94. The summed E-state index contributed by atoms with van der Waals surface area (Å²) in [5.74, 6) is -0.521. The van der Waals surface area contributed by atoms with Gasteiger partial charge in [-0.1, -0.05) is 30.3 Å². The van der Waals surface area contributed by atoms with Crippen LogP contribution in [0, 0.1) is 0 Å². The molecule has 1 heterocycles. The van der Waals surface area contributed by atoms with Crippen molar-refractivity contribution in [2.24, 2.45) is 0 Å². The molecule has 0 saturated carbocycles. The number of aliphatic hydroxyl groups is 1. The molecule has 2 rings (SSSR count). The standard InChI is InChI=1S/C15H16N2O3/c1-15(10-18,11-6-3-2-4-7-11)17-14(20)12-8-5-9-16-13(12)19/h2-9,18H,10H2,1H3,(H,16,19)(H,17,20). The lowest BCUT2D eigenvalue weighted by molar-refractivity contribution is 0.0848. The number of nitrogens with one attached hydrogen (secondary N) is 2. The van der Waals surface area contributed by atoms with Crippen LogP contribution in [0.3, 0.4) is 0 Å². The SMILES string of the molecule is CC(CO)(NC(=O)c1ccc[nH]c1=O)c1ccccc1. The molecule has 1 aromatic carbocycles. The second-order valence-electron chi connectivity index (χ2n) is 4.72. The first-order chi connectivity index (χ1) is 9.57. The number of aromatic nitrogens is 1. The highest BCUT2D eigenvalue weighted by Crippen LogP contribution is 2.20. The Bertz CT molecular complexity index is 651. The van der Waals surface area contributed by atoms with Gasteiger partial charge in [-0.3, -0.25) is 9.59 Å². The molecule has 1 aromatic heterocycles. The minimum Gasteiger partial charge on any atom is -0.394 e. The van der Waals surface area contributed by atoms with Gasteiger partial charge in [0.25, 0.3) is 11.5 Å². The van der Waals surface area contributed by atoms with E-state index in [1.807, 2.05) is 30.3 Å². The van der Waals surface area contributed by atoms with Crippen LogP contribution in [0.4, 0.5) is 0 Å². The maximum absolute atomic E-state index is 12.2. The highest BCUT2D eigenvalue weighted by atomic mass is 16.3. The van der Waals surface area contributed by atoms with E-state index >= 15 is 0 Å². The molecule has 1 atom stereocenters. The molecule has 0 saturated heterocycles. The van der Waals surface area contributed by atoms with E-state index in [0.717, 1.165) is 5.56 Å². The summed E-state index contributed by atoms with van der Waals surface area (Å²) >= 11 is 0. The summed E-state index contributed by atoms with van der Waals surface area (Å²) in [6, 6.07) is 12.1. The van der Waals surface area contributed by atoms with E-state index in [1.165, 1.54) is 12.3 Å². The van der Waals surface area contributed by atoms with Crippen molar-refractivity contribution in [2.75, 3.05) is 6.61 Å². The lowest BCUT2D eigenvalue weighted by Crippen LogP contribution is -2.47. The molecule has 1 amide bonds. The van der Waals surface area contributed by atoms with Crippen LogP contribution in [0.25, 0.3) is 0 Å². The van der Waals surface area contributed by atoms with E-state index in [9.17, 15) is 14.7 Å². The zero-order valence-corrected chi connectivity index (χ0v) is 11.1. The second kappa shape index (κ2) is 5.71. The monoisotopic (exact) mass is 272 g/mol. The molecule has 0 radical (unpaired) electrons. The first kappa shape index (κ1) is 14.0. The molecule has 3 N–H and O–H groups in total. The Kier molecular flexibility index (Phi) is 4.00. The largest absolute Gasteiger partial charge is 0.394 e. The summed E-state index contributed by atoms with van der Waals surface area (Å²) in [5, 5.41) is 12.3. The number of benzene rings is 1. The smallest absolute Gasteiger partial charge is 0.260 e. The van der Waals surface area contributed by atoms with Gasteiger partial charge in [0.05, 0.1) is 12.1 Å². The van der Waals surface area contributed by atoms with Gasteiger partial charge in [-0.15, -0.1) is 0 Å². The zero-order valence-electron chi connectivity index (χ0n) is 11.1. The maximum Gasteiger partial charge on any atom is 0.260 e. The van der Waals surface area contributed by atoms with Gasteiger partial charge in [0, 0.05) is 6.20 Å². The van der Waals surface area contributed by atoms with Crippen molar-refractivity contribution in [3.8, 4) is 0 Å². The van der Waals surface area contributed by atoms with Crippen LogP contribution in [0.2, 0.25) is 0 Å². The highest BCUT2D eigenvalue weighted by Gasteiger charge is 2.28. The molecular weight excluding hydrogens is 256 g/mol. The molecule has 104 valence electrons. The van der Waals surface area contributed by atoms with Crippen molar-refractivity contribution in [1.82, 2.24) is 10.3 Å². The predicted molar refractivity (Wildman–Crippen MR) is 75.4 cm³/mol. The molecule has 0 aliphatic rings. The van der Waals surface area contributed by atoms with Gasteiger partial charge in [0.2, 0.25) is 0 Å². The lowest BCUT2D eigenvalue weighted by Gasteiger charge is -2.29. The van der Waals surface area contributed by atoms with Gasteiger partial charge in [0.1, 0.15) is 5.56 Å². The van der Waals surface area contributed by atoms with Crippen molar-refractivity contribution in [2.45, 2.75) is 12.5 Å². The first-order valence-corrected chi connectivity index (χ1v) is 6.23. The molecule has 5 nitrogen and oxygen atoms in total. The number of carbonyl (C=O) groups is 1. The Morgan fingerprint density at radius 3 is 2.55 bits per heavy atom. The fourth-order valence-corrected chi connectivity index (χ4v) is 1.93. The van der Waals surface area contributed by atoms with Crippen molar-refractivity contribution in [1.29, 1.82) is 0 Å². The number of hydrogen-bond acceptors (Lipinski definition) is 3. The summed E-state index contributed by atoms with van der Waals surface area (Å²) in [4.78, 5) is 26.2. The summed E-state index contributed by atoms with van der Waals surface area (Å²) in [6.45, 7) is 1.44. The van der Waals surface area contributed by atoms with Crippen LogP contribution in [-0.4, -0.2) is 22.6 Å². The number of amides is 1. The van der Waals surface area contributed by atoms with Gasteiger partial charge in [-0.2, -0.15) is 0 Å². The zero-order chi connectivity index (χ0) is 14.6. The molecule has 0 aliphatic carbocycles. The Balaban J connectivity index is 2.29. The average Bonchev–Trinajstić information content (AvgIpc) is 2.48. The number of rotatable bonds is 4. The topological polar surface area (TPSA) is 82.2 Å². The molecule has 2 aromatic rings. The van der Waals surface area contributed by atoms with Crippen LogP contribution in [0.15, 0.2) is 53.5 Å². The Labute approximate surface area is 116 Å². The summed E-state index contributed by atoms with van der Waals surface area (Å²) in [5.41, 5.74) is -0.620. The van der Waals surface area contributed by atoms with E-state index in [0.29, 0.717) is 0 Å². The molecule has 0 aliphatic heterocycles. The number of pyridine rings is 1. The van der Waals surface area contributed by atoms with Crippen LogP contribution in [-0.2, 0) is 5.54 Å². The molecular formula is C15H16N2O3. The van der Waals surface area contributed by atoms with Gasteiger partial charge in [-0.05, 0) is 24.6 Å². The lowest BCUT2D eigenvalue weighted by atomic mass is 9.92. The predicted octanol–water partition coefficient (Wildman–Crippen LogP) is 1.01. The third-order valence-corrected chi connectivity index (χ3v) is 3.18. The van der Waals surface area contributed by atoms with E-state index < -0.39 is 17.0 Å². The van der Waals surface area contributed by atoms with Gasteiger partial charge in [-0.25, -0.2) is 0 Å². The van der Waals surface area contributed by atoms with Crippen molar-refractivity contribution >= 4 is 5.91 Å². The quantitative estimate of drug-likeness (QED) is 0.777. The van der Waals surface area contributed by atoms with Crippen molar-refractivity contribution in [3.63, 3.8) is 0 Å². The molecule has 1 unspecified atom stereocenters. The summed E-state index contributed by atoms with van der Waals surface area (Å²) < 4.78 is 0. The Hall–Kier alpha value is -2.40. The molecule has 20 heavy (non-hydrogen) atoms. The van der Waals surface area contributed by atoms with Crippen molar-refractivity contribution < 1.29 is 9.90 Å². The fraction of sp³-hybridized carbons (Fsp3) is 0.200. The third kappa shape index (κ3) is 2.78. The summed E-state index contributed by atoms with van der Waals surface area (Å²) in [7, 11) is 0. The number of aromatic amines is 1. The van der Waals surface area contributed by atoms with Crippen LogP contribution in [0.1, 0.15) is 22.8 Å². The van der Waals surface area contributed by atoms with E-state index in [-0.39, 0.29) is 12.2 Å². The molecule has 0 spiro atoms. The van der Waals surface area contributed by atoms with Gasteiger partial charge < -0.3 is 15.4 Å². The van der Waals surface area contributed by atoms with E-state index in [2.05, 4.69) is 10.3 Å². The van der Waals surface area contributed by atoms with Gasteiger partial charge in [0.15, 0.2) is 0 Å². The van der Waals surface area contributed by atoms with E-state index in [4.69, 9.17) is 0 Å². The Morgan fingerprint density at radius 1 is 1.25 bits per heavy atom. The average molecular weight is 272 g/mol. The van der Waals surface area contributed by atoms with Crippen molar-refractivity contribution in [3.05, 3.63) is 70.1 Å². The van der Waals surface area contributed by atoms with Crippen LogP contribution >= 0.6 is 0 Å². The molecule has 5 heteroatoms. The minimum atomic E-state index is -0.944. The molecule has 0 fully saturated rings. The minimum absolute atomic E-state index is 0.0168. The Morgan fingerprint density at radius 2 is 1.95 bits per heavy atom. The van der Waals surface area contributed by atoms with E-state index in [1.54, 1.807) is 13.0 Å². The maximum atomic E-state index is 12.2. The van der Waals surface area contributed by atoms with Crippen LogP contribution < -0.4 is 10.9 Å². The number of aliphatic hydroxyl groups excluding tert-OH is 1. The first-order valence-electron chi connectivity index (χ1n) is 6.23. The third-order valence-electron chi connectivity index (χ3n) is 3.18. The normalized spacial score (nSPS) is 13.5. The second-order valence-corrected chi connectivity index (χ2v) is 4.72. The fourth-order valence-electron chi connectivity index (χ4n) is 1.93. The number of H-pyrrole nitrogens is 1. The van der Waals surface area contributed by atoms with Gasteiger partial charge >= 0.3 is 0 Å². The number of carbonyl (C=O) groups excluding carboxylic acids is 1. The number of hydrogen-bond donors (Lipinski definition) is 3.